The van der Waals surface area contributed by atoms with Gasteiger partial charge in [-0.1, -0.05) is 18.2 Å². The zero-order chi connectivity index (χ0) is 13.1. The Kier molecular flexibility index (Phi) is 3.62. The highest BCUT2D eigenvalue weighted by Gasteiger charge is 2.51. The van der Waals surface area contributed by atoms with E-state index in [0.29, 0.717) is 5.69 Å². The van der Waals surface area contributed by atoms with Crippen molar-refractivity contribution in [2.24, 2.45) is 0 Å². The first-order valence-corrected chi connectivity index (χ1v) is 5.80. The number of nitrogens with one attached hydrogen (secondary N) is 1. The maximum atomic E-state index is 11.7. The predicted molar refractivity (Wildman–Crippen MR) is 65.0 cm³/mol. The van der Waals surface area contributed by atoms with E-state index in [4.69, 9.17) is 9.47 Å². The third-order valence-electron chi connectivity index (χ3n) is 2.38. The Morgan fingerprint density at radius 1 is 1.22 bits per heavy atom. The lowest BCUT2D eigenvalue weighted by Gasteiger charge is -2.05. The fourth-order valence-electron chi connectivity index (χ4n) is 1.53. The molecule has 1 aliphatic rings. The van der Waals surface area contributed by atoms with Crippen LogP contribution in [0.25, 0.3) is 0 Å². The number of ether oxygens (including phenoxy) is 2. The largest absolute Gasteiger partial charge is 0.461 e. The van der Waals surface area contributed by atoms with Crippen molar-refractivity contribution in [3.63, 3.8) is 0 Å². The molecule has 0 aromatic heterocycles. The number of hydrogen-bond acceptors (Lipinski definition) is 4. The van der Waals surface area contributed by atoms with Crippen LogP contribution in [0.5, 0.6) is 0 Å². The van der Waals surface area contributed by atoms with E-state index in [1.165, 1.54) is 0 Å². The predicted octanol–water partition coefficient (Wildman–Crippen LogP) is 1.34. The average molecular weight is 249 g/mol. The molecule has 2 unspecified atom stereocenters. The molecule has 2 rings (SSSR count). The number of para-hydroxylation sites is 1. The van der Waals surface area contributed by atoms with Crippen LogP contribution >= 0.6 is 0 Å². The molecule has 1 fully saturated rings. The van der Waals surface area contributed by atoms with E-state index < -0.39 is 18.2 Å². The number of carbonyl (C=O) groups is 2. The van der Waals surface area contributed by atoms with Gasteiger partial charge in [-0.2, -0.15) is 0 Å². The Hall–Kier alpha value is -1.88. The van der Waals surface area contributed by atoms with Gasteiger partial charge in [0.1, 0.15) is 0 Å². The lowest BCUT2D eigenvalue weighted by atomic mass is 10.2. The molecule has 1 amide bonds. The van der Waals surface area contributed by atoms with Crippen molar-refractivity contribution < 1.29 is 19.1 Å². The minimum atomic E-state index is -0.767. The number of hydrogen-bond donors (Lipinski definition) is 1. The van der Waals surface area contributed by atoms with E-state index in [1.54, 1.807) is 26.0 Å². The average Bonchev–Trinajstić information content (AvgIpc) is 3.09. The Balaban J connectivity index is 1.84. The summed E-state index contributed by atoms with van der Waals surface area (Å²) in [6.45, 7) is 3.50. The molecule has 1 saturated heterocycles. The van der Waals surface area contributed by atoms with Gasteiger partial charge < -0.3 is 14.8 Å². The molecule has 0 spiro atoms. The van der Waals surface area contributed by atoms with Gasteiger partial charge in [0, 0.05) is 5.69 Å². The highest BCUT2D eigenvalue weighted by Crippen LogP contribution is 2.25. The number of epoxide rings is 1. The van der Waals surface area contributed by atoms with E-state index in [9.17, 15) is 9.59 Å². The van der Waals surface area contributed by atoms with Crippen LogP contribution < -0.4 is 5.32 Å². The lowest BCUT2D eigenvalue weighted by Crippen LogP contribution is -2.25. The Bertz CT molecular complexity index is 444. The molecule has 1 aromatic carbocycles. The van der Waals surface area contributed by atoms with Gasteiger partial charge in [0.2, 0.25) is 0 Å². The summed E-state index contributed by atoms with van der Waals surface area (Å²) in [6.07, 6.45) is -1.72. The highest BCUT2D eigenvalue weighted by molar-refractivity contribution is 6.00. The number of amides is 1. The summed E-state index contributed by atoms with van der Waals surface area (Å²) in [4.78, 5) is 23.2. The van der Waals surface area contributed by atoms with Crippen molar-refractivity contribution in [2.75, 3.05) is 5.32 Å². The molecule has 0 saturated carbocycles. The van der Waals surface area contributed by atoms with Crippen molar-refractivity contribution in [2.45, 2.75) is 32.2 Å². The third kappa shape index (κ3) is 3.07. The number of esters is 1. The monoisotopic (exact) mass is 249 g/mol. The number of rotatable bonds is 4. The normalized spacial score (nSPS) is 21.5. The Morgan fingerprint density at radius 2 is 1.89 bits per heavy atom. The lowest BCUT2D eigenvalue weighted by molar-refractivity contribution is -0.148. The quantitative estimate of drug-likeness (QED) is 0.646. The van der Waals surface area contributed by atoms with Crippen LogP contribution in [-0.2, 0) is 19.1 Å². The second kappa shape index (κ2) is 5.18. The van der Waals surface area contributed by atoms with E-state index in [2.05, 4.69) is 5.32 Å². The smallest absolute Gasteiger partial charge is 0.338 e. The molecule has 2 atom stereocenters. The van der Waals surface area contributed by atoms with Gasteiger partial charge in [0.05, 0.1) is 6.10 Å². The molecule has 1 N–H and O–H groups in total. The minimum Gasteiger partial charge on any atom is -0.461 e. The summed E-state index contributed by atoms with van der Waals surface area (Å²) in [5.41, 5.74) is 0.675. The molecule has 1 aromatic rings. The van der Waals surface area contributed by atoms with E-state index in [1.807, 2.05) is 18.2 Å². The Labute approximate surface area is 105 Å². The molecule has 0 aliphatic carbocycles. The van der Waals surface area contributed by atoms with Gasteiger partial charge in [0.15, 0.2) is 12.2 Å². The Morgan fingerprint density at radius 3 is 2.50 bits per heavy atom. The molecule has 5 nitrogen and oxygen atoms in total. The second-order valence-electron chi connectivity index (χ2n) is 4.32. The molecule has 1 aliphatic heterocycles. The van der Waals surface area contributed by atoms with Gasteiger partial charge in [-0.25, -0.2) is 4.79 Å². The van der Waals surface area contributed by atoms with Crippen LogP contribution in [0.15, 0.2) is 30.3 Å². The standard InChI is InChI=1S/C13H15NO4/c1-8(2)17-13(16)11-10(18-11)12(15)14-9-6-4-3-5-7-9/h3-8,10-11H,1-2H3,(H,14,15). The maximum Gasteiger partial charge on any atom is 0.338 e. The first-order valence-electron chi connectivity index (χ1n) is 5.80. The minimum absolute atomic E-state index is 0.209. The first kappa shape index (κ1) is 12.6. The van der Waals surface area contributed by atoms with Crippen LogP contribution in [0.4, 0.5) is 5.69 Å². The van der Waals surface area contributed by atoms with Crippen molar-refractivity contribution in [1.82, 2.24) is 0 Å². The van der Waals surface area contributed by atoms with Gasteiger partial charge in [-0.05, 0) is 26.0 Å². The summed E-state index contributed by atoms with van der Waals surface area (Å²) in [7, 11) is 0. The van der Waals surface area contributed by atoms with Gasteiger partial charge in [-0.3, -0.25) is 4.79 Å². The number of carbonyl (C=O) groups excluding carboxylic acids is 2. The molecule has 0 radical (unpaired) electrons. The van der Waals surface area contributed by atoms with E-state index >= 15 is 0 Å². The molecule has 96 valence electrons. The van der Waals surface area contributed by atoms with Gasteiger partial charge >= 0.3 is 5.97 Å². The van der Waals surface area contributed by atoms with Crippen LogP contribution in [-0.4, -0.2) is 30.2 Å². The van der Waals surface area contributed by atoms with E-state index in [0.717, 1.165) is 0 Å². The molecular formula is C13H15NO4. The fraction of sp³-hybridized carbons (Fsp3) is 0.385. The highest BCUT2D eigenvalue weighted by atomic mass is 16.6. The molecule has 5 heteroatoms. The van der Waals surface area contributed by atoms with Gasteiger partial charge in [0.25, 0.3) is 5.91 Å². The zero-order valence-electron chi connectivity index (χ0n) is 10.3. The van der Waals surface area contributed by atoms with Crippen LogP contribution in [0.1, 0.15) is 13.8 Å². The summed E-state index contributed by atoms with van der Waals surface area (Å²) in [5.74, 6) is -0.815. The molecule has 0 bridgehead atoms. The SMILES string of the molecule is CC(C)OC(=O)C1OC1C(=O)Nc1ccccc1. The van der Waals surface area contributed by atoms with Crippen molar-refractivity contribution in [1.29, 1.82) is 0 Å². The molecule has 1 heterocycles. The summed E-state index contributed by atoms with van der Waals surface area (Å²) in [6, 6.07) is 9.01. The van der Waals surface area contributed by atoms with Crippen molar-refractivity contribution >= 4 is 17.6 Å². The topological polar surface area (TPSA) is 67.9 Å². The van der Waals surface area contributed by atoms with E-state index in [-0.39, 0.29) is 12.0 Å². The van der Waals surface area contributed by atoms with Crippen molar-refractivity contribution in [3.05, 3.63) is 30.3 Å². The van der Waals surface area contributed by atoms with Gasteiger partial charge in [-0.15, -0.1) is 0 Å². The van der Waals surface area contributed by atoms with Crippen LogP contribution in [0.2, 0.25) is 0 Å². The third-order valence-corrected chi connectivity index (χ3v) is 2.38. The first-order chi connectivity index (χ1) is 8.58. The summed E-state index contributed by atoms with van der Waals surface area (Å²) < 4.78 is 9.99. The van der Waals surface area contributed by atoms with Crippen LogP contribution in [0.3, 0.4) is 0 Å². The fourth-order valence-corrected chi connectivity index (χ4v) is 1.53. The zero-order valence-corrected chi connectivity index (χ0v) is 10.3. The number of benzene rings is 1. The second-order valence-corrected chi connectivity index (χ2v) is 4.32. The maximum absolute atomic E-state index is 11.7. The molecular weight excluding hydrogens is 234 g/mol. The van der Waals surface area contributed by atoms with Crippen molar-refractivity contribution in [3.8, 4) is 0 Å². The van der Waals surface area contributed by atoms with Crippen LogP contribution in [0, 0.1) is 0 Å². The summed E-state index contributed by atoms with van der Waals surface area (Å²) in [5, 5.41) is 2.67. The molecule has 18 heavy (non-hydrogen) atoms. The number of anilines is 1. The summed E-state index contributed by atoms with van der Waals surface area (Å²) >= 11 is 0.